The lowest BCUT2D eigenvalue weighted by Gasteiger charge is -2.24. The molecule has 0 bridgehead atoms. The SMILES string of the molecule is CCN(CC)c1c(-c2ccc([N+](=O)[O-])cc2)c(=O)c1=O. The molecular formula is C14H14N2O4. The van der Waals surface area contributed by atoms with Crippen molar-refractivity contribution in [2.75, 3.05) is 18.0 Å². The molecule has 2 rings (SSSR count). The Hall–Kier alpha value is -2.50. The molecule has 2 aromatic carbocycles. The highest BCUT2D eigenvalue weighted by atomic mass is 16.6. The van der Waals surface area contributed by atoms with Gasteiger partial charge in [-0.3, -0.25) is 19.7 Å². The van der Waals surface area contributed by atoms with Crippen molar-refractivity contribution in [1.82, 2.24) is 0 Å². The Kier molecular flexibility index (Phi) is 3.65. The maximum absolute atomic E-state index is 11.8. The molecule has 104 valence electrons. The molecule has 0 atom stereocenters. The van der Waals surface area contributed by atoms with E-state index in [1.54, 1.807) is 0 Å². The van der Waals surface area contributed by atoms with Crippen molar-refractivity contribution in [2.45, 2.75) is 13.8 Å². The fraction of sp³-hybridized carbons (Fsp3) is 0.286. The standard InChI is InChI=1S/C14H14N2O4/c1-3-15(4-2)12-11(13(17)14(12)18)9-5-7-10(8-6-9)16(19)20/h5-8H,3-4H2,1-2H3. The van der Waals surface area contributed by atoms with Crippen molar-refractivity contribution in [3.8, 4) is 11.1 Å². The van der Waals surface area contributed by atoms with E-state index >= 15 is 0 Å². The van der Waals surface area contributed by atoms with E-state index in [1.165, 1.54) is 24.3 Å². The molecule has 2 aromatic rings. The molecule has 0 saturated heterocycles. The first-order valence-corrected chi connectivity index (χ1v) is 6.34. The molecule has 0 spiro atoms. The summed E-state index contributed by atoms with van der Waals surface area (Å²) in [5.41, 5.74) is 0.254. The second-order valence-corrected chi connectivity index (χ2v) is 4.36. The van der Waals surface area contributed by atoms with Crippen LogP contribution in [-0.2, 0) is 0 Å². The first-order valence-electron chi connectivity index (χ1n) is 6.34. The van der Waals surface area contributed by atoms with Gasteiger partial charge in [0.25, 0.3) is 5.69 Å². The third kappa shape index (κ3) is 2.09. The molecule has 6 heteroatoms. The average molecular weight is 274 g/mol. The van der Waals surface area contributed by atoms with E-state index < -0.39 is 15.8 Å². The first-order chi connectivity index (χ1) is 9.51. The summed E-state index contributed by atoms with van der Waals surface area (Å²) in [5, 5.41) is 10.6. The number of nitro groups is 1. The van der Waals surface area contributed by atoms with Crippen LogP contribution in [0, 0.1) is 10.1 Å². The number of benzene rings is 1. The van der Waals surface area contributed by atoms with Gasteiger partial charge < -0.3 is 4.90 Å². The summed E-state index contributed by atoms with van der Waals surface area (Å²) in [7, 11) is 0. The van der Waals surface area contributed by atoms with Gasteiger partial charge in [0.05, 0.1) is 10.5 Å². The van der Waals surface area contributed by atoms with Crippen LogP contribution in [0.15, 0.2) is 33.9 Å². The summed E-state index contributed by atoms with van der Waals surface area (Å²) in [6.45, 7) is 5.06. The topological polar surface area (TPSA) is 80.5 Å². The fourth-order valence-corrected chi connectivity index (χ4v) is 2.24. The quantitative estimate of drug-likeness (QED) is 0.471. The molecule has 0 aliphatic heterocycles. The van der Waals surface area contributed by atoms with Crippen molar-refractivity contribution in [2.24, 2.45) is 0 Å². The smallest absolute Gasteiger partial charge is 0.269 e. The Morgan fingerprint density at radius 1 is 1.05 bits per heavy atom. The molecule has 0 radical (unpaired) electrons. The third-order valence-electron chi connectivity index (χ3n) is 3.33. The van der Waals surface area contributed by atoms with E-state index in [1.807, 2.05) is 18.7 Å². The molecule has 0 aromatic heterocycles. The second-order valence-electron chi connectivity index (χ2n) is 4.36. The zero-order valence-electron chi connectivity index (χ0n) is 11.3. The third-order valence-corrected chi connectivity index (χ3v) is 3.33. The lowest BCUT2D eigenvalue weighted by Crippen LogP contribution is -2.42. The van der Waals surface area contributed by atoms with Gasteiger partial charge in [-0.05, 0) is 31.5 Å². The van der Waals surface area contributed by atoms with Crippen LogP contribution < -0.4 is 15.8 Å². The number of hydrogen-bond donors (Lipinski definition) is 0. The van der Waals surface area contributed by atoms with Gasteiger partial charge in [-0.2, -0.15) is 0 Å². The van der Waals surface area contributed by atoms with E-state index in [4.69, 9.17) is 0 Å². The predicted octanol–water partition coefficient (Wildman–Crippen LogP) is 1.70. The van der Waals surface area contributed by atoms with Crippen molar-refractivity contribution in [1.29, 1.82) is 0 Å². The lowest BCUT2D eigenvalue weighted by molar-refractivity contribution is -0.384. The van der Waals surface area contributed by atoms with Crippen molar-refractivity contribution < 1.29 is 4.92 Å². The van der Waals surface area contributed by atoms with E-state index in [2.05, 4.69) is 0 Å². The second kappa shape index (κ2) is 5.24. The van der Waals surface area contributed by atoms with Gasteiger partial charge in [-0.15, -0.1) is 0 Å². The fourth-order valence-electron chi connectivity index (χ4n) is 2.24. The van der Waals surface area contributed by atoms with E-state index in [-0.39, 0.29) is 5.69 Å². The van der Waals surface area contributed by atoms with Crippen molar-refractivity contribution >= 4 is 11.4 Å². The Morgan fingerprint density at radius 3 is 2.05 bits per heavy atom. The number of hydrogen-bond acceptors (Lipinski definition) is 5. The molecule has 0 aliphatic carbocycles. The van der Waals surface area contributed by atoms with Gasteiger partial charge in [-0.1, -0.05) is 0 Å². The molecule has 20 heavy (non-hydrogen) atoms. The number of rotatable bonds is 5. The lowest BCUT2D eigenvalue weighted by atomic mass is 9.97. The highest BCUT2D eigenvalue weighted by Gasteiger charge is 2.25. The largest absolute Gasteiger partial charge is 0.368 e. The van der Waals surface area contributed by atoms with Crippen LogP contribution in [0.5, 0.6) is 0 Å². The van der Waals surface area contributed by atoms with Crippen LogP contribution in [0.2, 0.25) is 0 Å². The van der Waals surface area contributed by atoms with Crippen LogP contribution in [-0.4, -0.2) is 18.0 Å². The summed E-state index contributed by atoms with van der Waals surface area (Å²) in [6, 6.07) is 5.67. The molecule has 0 N–H and O–H groups in total. The van der Waals surface area contributed by atoms with Crippen LogP contribution in [0.3, 0.4) is 0 Å². The van der Waals surface area contributed by atoms with Crippen LogP contribution in [0.25, 0.3) is 11.1 Å². The van der Waals surface area contributed by atoms with E-state index in [9.17, 15) is 19.7 Å². The number of nitro benzene ring substituents is 1. The minimum Gasteiger partial charge on any atom is -0.368 e. The first kappa shape index (κ1) is 13.9. The molecule has 0 aliphatic rings. The highest BCUT2D eigenvalue weighted by molar-refractivity contribution is 5.83. The molecule has 0 fully saturated rings. The van der Waals surface area contributed by atoms with Gasteiger partial charge in [0.1, 0.15) is 5.69 Å². The van der Waals surface area contributed by atoms with Crippen LogP contribution >= 0.6 is 0 Å². The van der Waals surface area contributed by atoms with Gasteiger partial charge in [0, 0.05) is 25.2 Å². The van der Waals surface area contributed by atoms with Crippen LogP contribution in [0.4, 0.5) is 11.4 Å². The summed E-state index contributed by atoms with van der Waals surface area (Å²) < 4.78 is 0. The number of nitrogens with zero attached hydrogens (tertiary/aromatic N) is 2. The maximum atomic E-state index is 11.8. The molecule has 0 saturated carbocycles. The minimum atomic E-state index is -0.527. The molecular weight excluding hydrogens is 260 g/mol. The Labute approximate surface area is 115 Å². The average Bonchev–Trinajstić information content (AvgIpc) is 2.47. The normalized spacial score (nSPS) is 10.7. The summed E-state index contributed by atoms with van der Waals surface area (Å²) in [4.78, 5) is 35.4. The Balaban J connectivity index is 2.48. The highest BCUT2D eigenvalue weighted by Crippen LogP contribution is 2.27. The summed E-state index contributed by atoms with van der Waals surface area (Å²) in [5.74, 6) is 0. The number of non-ortho nitro benzene ring substituents is 1. The summed E-state index contributed by atoms with van der Waals surface area (Å²) in [6.07, 6.45) is 0. The van der Waals surface area contributed by atoms with Gasteiger partial charge in [-0.25, -0.2) is 0 Å². The Bertz CT molecular complexity index is 708. The molecule has 0 amide bonds. The van der Waals surface area contributed by atoms with Gasteiger partial charge in [0.15, 0.2) is 0 Å². The number of anilines is 1. The molecule has 6 nitrogen and oxygen atoms in total. The Morgan fingerprint density at radius 2 is 1.60 bits per heavy atom. The van der Waals surface area contributed by atoms with Crippen molar-refractivity contribution in [3.63, 3.8) is 0 Å². The summed E-state index contributed by atoms with van der Waals surface area (Å²) >= 11 is 0. The molecule has 0 heterocycles. The van der Waals surface area contributed by atoms with E-state index in [0.29, 0.717) is 29.9 Å². The van der Waals surface area contributed by atoms with Gasteiger partial charge in [0.2, 0.25) is 10.9 Å². The van der Waals surface area contributed by atoms with Gasteiger partial charge >= 0.3 is 0 Å². The van der Waals surface area contributed by atoms with Crippen molar-refractivity contribution in [3.05, 3.63) is 54.8 Å². The molecule has 0 unspecified atom stereocenters. The predicted molar refractivity (Wildman–Crippen MR) is 77.0 cm³/mol. The zero-order chi connectivity index (χ0) is 14.9. The monoisotopic (exact) mass is 274 g/mol. The minimum absolute atomic E-state index is 0.0446. The maximum Gasteiger partial charge on any atom is 0.269 e. The zero-order valence-corrected chi connectivity index (χ0v) is 11.3. The van der Waals surface area contributed by atoms with Crippen LogP contribution in [0.1, 0.15) is 13.8 Å². The van der Waals surface area contributed by atoms with E-state index in [0.717, 1.165) is 0 Å².